The van der Waals surface area contributed by atoms with E-state index >= 15 is 0 Å². The number of halogens is 1. The van der Waals surface area contributed by atoms with E-state index in [1.807, 2.05) is 42.5 Å². The van der Waals surface area contributed by atoms with Crippen molar-refractivity contribution in [2.75, 3.05) is 5.32 Å². The fourth-order valence-corrected chi connectivity index (χ4v) is 2.41. The Bertz CT molecular complexity index is 983. The molecule has 1 N–H and O–H groups in total. The molecule has 2 aromatic heterocycles. The third-order valence-corrected chi connectivity index (χ3v) is 3.63. The Labute approximate surface area is 147 Å². The summed E-state index contributed by atoms with van der Waals surface area (Å²) in [5.41, 5.74) is 1.64. The Kier molecular flexibility index (Phi) is 4.14. The van der Waals surface area contributed by atoms with Crippen molar-refractivity contribution in [3.05, 3.63) is 65.5 Å². The molecule has 0 atom stereocenters. The summed E-state index contributed by atoms with van der Waals surface area (Å²) in [5, 5.41) is 11.4. The Balaban J connectivity index is 1.43. The number of rotatable bonds is 5. The summed E-state index contributed by atoms with van der Waals surface area (Å²) in [6.07, 6.45) is 0. The molecule has 7 nitrogen and oxygen atoms in total. The van der Waals surface area contributed by atoms with Gasteiger partial charge in [0.05, 0.1) is 6.54 Å². The average molecular weight is 354 g/mol. The van der Waals surface area contributed by atoms with Gasteiger partial charge >= 0.3 is 0 Å². The molecule has 0 fully saturated rings. The fourth-order valence-electron chi connectivity index (χ4n) is 2.22. The number of hydrogen-bond acceptors (Lipinski definition) is 7. The van der Waals surface area contributed by atoms with E-state index in [-0.39, 0.29) is 6.54 Å². The molecular formula is C17H12ClN5O2. The summed E-state index contributed by atoms with van der Waals surface area (Å²) >= 11 is 5.97. The second kappa shape index (κ2) is 6.74. The Morgan fingerprint density at radius 3 is 2.56 bits per heavy atom. The third kappa shape index (κ3) is 3.51. The van der Waals surface area contributed by atoms with E-state index in [4.69, 9.17) is 20.6 Å². The lowest BCUT2D eigenvalue weighted by atomic mass is 10.2. The maximum Gasteiger partial charge on any atom is 0.264 e. The van der Waals surface area contributed by atoms with Crippen LogP contribution in [0, 0.1) is 0 Å². The van der Waals surface area contributed by atoms with Gasteiger partial charge in [-0.25, -0.2) is 0 Å². The van der Waals surface area contributed by atoms with Crippen LogP contribution in [0.2, 0.25) is 5.02 Å². The molecule has 25 heavy (non-hydrogen) atoms. The molecule has 0 aliphatic heterocycles. The molecule has 0 bridgehead atoms. The quantitative estimate of drug-likeness (QED) is 0.578. The number of aromatic nitrogens is 4. The van der Waals surface area contributed by atoms with Crippen molar-refractivity contribution in [1.29, 1.82) is 0 Å². The van der Waals surface area contributed by atoms with Gasteiger partial charge in [-0.15, -0.1) is 0 Å². The summed E-state index contributed by atoms with van der Waals surface area (Å²) in [5.74, 6) is 1.66. The van der Waals surface area contributed by atoms with Crippen molar-refractivity contribution in [2.24, 2.45) is 0 Å². The fraction of sp³-hybridized carbons (Fsp3) is 0.0588. The van der Waals surface area contributed by atoms with Crippen LogP contribution in [0.25, 0.3) is 22.8 Å². The van der Waals surface area contributed by atoms with Gasteiger partial charge in [-0.05, 0) is 29.4 Å². The van der Waals surface area contributed by atoms with E-state index in [1.165, 1.54) is 0 Å². The predicted octanol–water partition coefficient (Wildman–Crippen LogP) is 4.05. The van der Waals surface area contributed by atoms with Crippen molar-refractivity contribution < 1.29 is 9.05 Å². The molecule has 0 saturated heterocycles. The molecular weight excluding hydrogens is 342 g/mol. The highest BCUT2D eigenvalue weighted by atomic mass is 35.5. The zero-order valence-electron chi connectivity index (χ0n) is 12.9. The van der Waals surface area contributed by atoms with Crippen molar-refractivity contribution >= 4 is 17.5 Å². The highest BCUT2D eigenvalue weighted by Crippen LogP contribution is 2.21. The molecule has 0 radical (unpaired) electrons. The van der Waals surface area contributed by atoms with Crippen molar-refractivity contribution in [1.82, 2.24) is 20.3 Å². The van der Waals surface area contributed by atoms with Gasteiger partial charge in [0.15, 0.2) is 0 Å². The first kappa shape index (κ1) is 15.3. The highest BCUT2D eigenvalue weighted by molar-refractivity contribution is 6.30. The molecule has 8 heteroatoms. The van der Waals surface area contributed by atoms with Crippen LogP contribution in [0.5, 0.6) is 0 Å². The van der Waals surface area contributed by atoms with Crippen molar-refractivity contribution in [2.45, 2.75) is 6.54 Å². The summed E-state index contributed by atoms with van der Waals surface area (Å²) in [6.45, 7) is 0.279. The van der Waals surface area contributed by atoms with E-state index in [2.05, 4.69) is 25.6 Å². The first-order valence-electron chi connectivity index (χ1n) is 7.49. The van der Waals surface area contributed by atoms with Gasteiger partial charge < -0.3 is 14.4 Å². The van der Waals surface area contributed by atoms with E-state index in [0.29, 0.717) is 28.6 Å². The van der Waals surface area contributed by atoms with Crippen LogP contribution in [0.4, 0.5) is 5.95 Å². The lowest BCUT2D eigenvalue weighted by molar-refractivity contribution is 0.383. The summed E-state index contributed by atoms with van der Waals surface area (Å²) in [6, 6.07) is 16.8. The molecule has 0 aliphatic rings. The predicted molar refractivity (Wildman–Crippen MR) is 91.8 cm³/mol. The van der Waals surface area contributed by atoms with Crippen molar-refractivity contribution in [3.63, 3.8) is 0 Å². The minimum absolute atomic E-state index is 0.279. The number of benzene rings is 2. The van der Waals surface area contributed by atoms with E-state index in [1.54, 1.807) is 12.1 Å². The SMILES string of the molecule is Clc1cccc(-c2noc(CNc3noc(-c4ccccc4)n3)n2)c1. The lowest BCUT2D eigenvalue weighted by Crippen LogP contribution is -2.01. The molecule has 0 amide bonds. The van der Waals surface area contributed by atoms with Crippen LogP contribution in [0.3, 0.4) is 0 Å². The van der Waals surface area contributed by atoms with Crippen LogP contribution < -0.4 is 5.32 Å². The van der Waals surface area contributed by atoms with Crippen LogP contribution in [0.15, 0.2) is 63.6 Å². The normalized spacial score (nSPS) is 10.8. The second-order valence-electron chi connectivity index (χ2n) is 5.16. The number of anilines is 1. The number of nitrogens with zero attached hydrogens (tertiary/aromatic N) is 4. The van der Waals surface area contributed by atoms with Gasteiger partial charge in [0, 0.05) is 16.1 Å². The van der Waals surface area contributed by atoms with Crippen LogP contribution in [-0.4, -0.2) is 20.3 Å². The standard InChI is InChI=1S/C17H12ClN5O2/c18-13-8-4-7-12(9-13)15-20-14(24-22-15)10-19-17-21-16(25-23-17)11-5-2-1-3-6-11/h1-9H,10H2,(H,19,23). The molecule has 0 aliphatic carbocycles. The van der Waals surface area contributed by atoms with E-state index < -0.39 is 0 Å². The molecule has 124 valence electrons. The Hall–Kier alpha value is -3.19. The largest absolute Gasteiger partial charge is 0.342 e. The maximum absolute atomic E-state index is 5.97. The van der Waals surface area contributed by atoms with Crippen LogP contribution >= 0.6 is 11.6 Å². The van der Waals surface area contributed by atoms with Crippen LogP contribution in [0.1, 0.15) is 5.89 Å². The molecule has 4 rings (SSSR count). The van der Waals surface area contributed by atoms with E-state index in [9.17, 15) is 0 Å². The number of nitrogens with one attached hydrogen (secondary N) is 1. The highest BCUT2D eigenvalue weighted by Gasteiger charge is 2.11. The first-order chi connectivity index (χ1) is 12.3. The summed E-state index contributed by atoms with van der Waals surface area (Å²) < 4.78 is 10.4. The molecule has 0 saturated carbocycles. The van der Waals surface area contributed by atoms with Crippen LogP contribution in [-0.2, 0) is 6.54 Å². The van der Waals surface area contributed by atoms with Gasteiger partial charge in [-0.1, -0.05) is 47.1 Å². The maximum atomic E-state index is 5.97. The van der Waals surface area contributed by atoms with Gasteiger partial charge in [0.25, 0.3) is 11.8 Å². The number of hydrogen-bond donors (Lipinski definition) is 1. The molecule has 4 aromatic rings. The third-order valence-electron chi connectivity index (χ3n) is 3.40. The molecule has 0 spiro atoms. The smallest absolute Gasteiger partial charge is 0.264 e. The Morgan fingerprint density at radius 1 is 0.880 bits per heavy atom. The van der Waals surface area contributed by atoms with E-state index in [0.717, 1.165) is 11.1 Å². The zero-order chi connectivity index (χ0) is 17.1. The first-order valence-corrected chi connectivity index (χ1v) is 7.87. The summed E-state index contributed by atoms with van der Waals surface area (Å²) in [7, 11) is 0. The second-order valence-corrected chi connectivity index (χ2v) is 5.60. The van der Waals surface area contributed by atoms with Gasteiger partial charge in [0.2, 0.25) is 11.7 Å². The minimum atomic E-state index is 0.279. The van der Waals surface area contributed by atoms with Gasteiger partial charge in [-0.2, -0.15) is 9.97 Å². The molecule has 2 heterocycles. The monoisotopic (exact) mass is 353 g/mol. The van der Waals surface area contributed by atoms with Gasteiger partial charge in [-0.3, -0.25) is 0 Å². The molecule has 0 unspecified atom stereocenters. The minimum Gasteiger partial charge on any atom is -0.342 e. The lowest BCUT2D eigenvalue weighted by Gasteiger charge is -1.95. The zero-order valence-corrected chi connectivity index (χ0v) is 13.6. The topological polar surface area (TPSA) is 89.9 Å². The summed E-state index contributed by atoms with van der Waals surface area (Å²) in [4.78, 5) is 8.59. The molecule has 2 aromatic carbocycles. The van der Waals surface area contributed by atoms with Gasteiger partial charge in [0.1, 0.15) is 0 Å². The average Bonchev–Trinajstić information content (AvgIpc) is 3.30. The van der Waals surface area contributed by atoms with Crippen molar-refractivity contribution in [3.8, 4) is 22.8 Å². The Morgan fingerprint density at radius 2 is 1.72 bits per heavy atom.